The summed E-state index contributed by atoms with van der Waals surface area (Å²) in [4.78, 5) is 11.3. The van der Waals surface area contributed by atoms with Crippen LogP contribution in [0.3, 0.4) is 0 Å². The Kier molecular flexibility index (Phi) is 5.63. The topological polar surface area (TPSA) is 75.1 Å². The first-order valence-corrected chi connectivity index (χ1v) is 11.1. The molecule has 3 atom stereocenters. The second-order valence-corrected chi connectivity index (χ2v) is 9.90. The number of hydrogen-bond donors (Lipinski definition) is 2. The fourth-order valence-corrected chi connectivity index (χ4v) is 6.19. The van der Waals surface area contributed by atoms with E-state index < -0.39 is 0 Å². The van der Waals surface area contributed by atoms with E-state index in [0.717, 1.165) is 16.5 Å². The summed E-state index contributed by atoms with van der Waals surface area (Å²) in [5.74, 6) is 0.814. The van der Waals surface area contributed by atoms with Crippen molar-refractivity contribution in [3.05, 3.63) is 42.0 Å². The summed E-state index contributed by atoms with van der Waals surface area (Å²) in [5, 5.41) is 23.2. The van der Waals surface area contributed by atoms with Crippen LogP contribution in [-0.2, 0) is 4.79 Å². The summed E-state index contributed by atoms with van der Waals surface area (Å²) in [6, 6.07) is 9.19. The number of aromatic nitrogens is 2. The zero-order valence-corrected chi connectivity index (χ0v) is 17.7. The van der Waals surface area contributed by atoms with E-state index in [0.29, 0.717) is 21.9 Å². The molecule has 29 heavy (non-hydrogen) atoms. The average molecular weight is 410 g/mol. The molecule has 2 aromatic rings. The number of carbonyl (C=O) groups is 1. The van der Waals surface area contributed by atoms with E-state index in [9.17, 15) is 9.90 Å². The first kappa shape index (κ1) is 20.0. The van der Waals surface area contributed by atoms with Gasteiger partial charge in [-0.05, 0) is 79.3 Å². The maximum atomic E-state index is 11.3. The molecular formula is C23H27N3O2S. The lowest BCUT2D eigenvalue weighted by atomic mass is 9.77. The van der Waals surface area contributed by atoms with Crippen molar-refractivity contribution in [2.24, 2.45) is 11.3 Å². The maximum absolute atomic E-state index is 11.3. The molecule has 1 amide bonds. The molecule has 1 aromatic heterocycles. The van der Waals surface area contributed by atoms with Crippen molar-refractivity contribution in [2.45, 2.75) is 49.3 Å². The molecule has 152 valence electrons. The number of likely N-dealkylation sites (N-methyl/N-ethyl adjacent to an activating group) is 1. The highest BCUT2D eigenvalue weighted by molar-refractivity contribution is 7.99. The Morgan fingerprint density at radius 3 is 2.83 bits per heavy atom. The van der Waals surface area contributed by atoms with E-state index in [1.807, 2.05) is 30.0 Å². The highest BCUT2D eigenvalue weighted by Crippen LogP contribution is 2.54. The number of carbonyl (C=O) groups excluding carboxylic acids is 1. The number of aromatic hydroxyl groups is 1. The predicted octanol–water partition coefficient (Wildman–Crippen LogP) is 4.67. The summed E-state index contributed by atoms with van der Waals surface area (Å²) in [5.41, 5.74) is 2.54. The van der Waals surface area contributed by atoms with Gasteiger partial charge in [-0.25, -0.2) is 0 Å². The first-order valence-electron chi connectivity index (χ1n) is 10.2. The van der Waals surface area contributed by atoms with Crippen LogP contribution in [0.25, 0.3) is 17.3 Å². The number of nitrogens with one attached hydrogen (secondary N) is 1. The van der Waals surface area contributed by atoms with E-state index >= 15 is 0 Å². The van der Waals surface area contributed by atoms with Crippen molar-refractivity contribution >= 4 is 23.7 Å². The molecule has 2 bridgehead atoms. The molecule has 0 aliphatic heterocycles. The van der Waals surface area contributed by atoms with Crippen LogP contribution in [0.2, 0.25) is 0 Å². The number of nitrogens with zero attached hydrogens (tertiary/aromatic N) is 2. The van der Waals surface area contributed by atoms with Crippen molar-refractivity contribution in [1.82, 2.24) is 15.5 Å². The van der Waals surface area contributed by atoms with Crippen LogP contribution in [0.5, 0.6) is 5.75 Å². The monoisotopic (exact) mass is 409 g/mol. The first-order chi connectivity index (χ1) is 13.9. The van der Waals surface area contributed by atoms with Gasteiger partial charge in [0.15, 0.2) is 0 Å². The number of amides is 1. The molecule has 0 unspecified atom stereocenters. The number of phenolic OH excluding ortho intramolecular Hbond substituents is 1. The zero-order valence-electron chi connectivity index (χ0n) is 16.9. The molecular weight excluding hydrogens is 382 g/mol. The summed E-state index contributed by atoms with van der Waals surface area (Å²) in [6.07, 6.45) is 9.78. The van der Waals surface area contributed by atoms with Crippen LogP contribution in [0.1, 0.15) is 44.6 Å². The molecule has 1 heterocycles. The molecule has 0 saturated heterocycles. The Bertz CT molecular complexity index is 928. The molecule has 2 saturated carbocycles. The van der Waals surface area contributed by atoms with Crippen molar-refractivity contribution < 1.29 is 9.90 Å². The highest BCUT2D eigenvalue weighted by atomic mass is 32.2. The number of phenols is 1. The standard InChI is InChI=1S/C23H27N3O2S/c1-23-10-9-16(13-23)11-17(14-23)29-22-8-6-19(25-26-22)18-5-3-15(12-20(18)27)4-7-21(28)24-2/h3-8,12,16-17,27H,9-11,13-14H2,1-2H3,(H,24,28)/b7-4+/t16-,17-,23-/m1/s1. The molecule has 4 rings (SSSR count). The van der Waals surface area contributed by atoms with Gasteiger partial charge >= 0.3 is 0 Å². The van der Waals surface area contributed by atoms with Crippen LogP contribution < -0.4 is 5.32 Å². The quantitative estimate of drug-likeness (QED) is 0.702. The minimum Gasteiger partial charge on any atom is -0.507 e. The highest BCUT2D eigenvalue weighted by Gasteiger charge is 2.42. The van der Waals surface area contributed by atoms with E-state index in [2.05, 4.69) is 22.4 Å². The summed E-state index contributed by atoms with van der Waals surface area (Å²) in [6.45, 7) is 2.44. The van der Waals surface area contributed by atoms with Gasteiger partial charge in [0.25, 0.3) is 0 Å². The fraction of sp³-hybridized carbons (Fsp3) is 0.435. The summed E-state index contributed by atoms with van der Waals surface area (Å²) >= 11 is 1.85. The smallest absolute Gasteiger partial charge is 0.243 e. The van der Waals surface area contributed by atoms with Gasteiger partial charge in [-0.15, -0.1) is 22.0 Å². The van der Waals surface area contributed by atoms with E-state index in [-0.39, 0.29) is 11.7 Å². The van der Waals surface area contributed by atoms with Gasteiger partial charge in [0.05, 0.1) is 5.69 Å². The van der Waals surface area contributed by atoms with Crippen molar-refractivity contribution in [1.29, 1.82) is 0 Å². The minimum atomic E-state index is -0.188. The number of benzene rings is 1. The molecule has 6 heteroatoms. The molecule has 5 nitrogen and oxygen atoms in total. The van der Waals surface area contributed by atoms with Gasteiger partial charge < -0.3 is 10.4 Å². The third kappa shape index (κ3) is 4.64. The predicted molar refractivity (Wildman–Crippen MR) is 117 cm³/mol. The van der Waals surface area contributed by atoms with Crippen molar-refractivity contribution in [3.63, 3.8) is 0 Å². The normalized spacial score (nSPS) is 26.0. The Morgan fingerprint density at radius 2 is 2.14 bits per heavy atom. The molecule has 2 aliphatic rings. The van der Waals surface area contributed by atoms with Gasteiger partial charge in [-0.3, -0.25) is 4.79 Å². The summed E-state index contributed by atoms with van der Waals surface area (Å²) in [7, 11) is 1.58. The fourth-order valence-electron chi connectivity index (χ4n) is 4.76. The lowest BCUT2D eigenvalue weighted by molar-refractivity contribution is -0.115. The third-order valence-corrected chi connectivity index (χ3v) is 7.30. The van der Waals surface area contributed by atoms with Gasteiger partial charge in [-0.2, -0.15) is 0 Å². The van der Waals surface area contributed by atoms with E-state index in [4.69, 9.17) is 0 Å². The van der Waals surface area contributed by atoms with Crippen molar-refractivity contribution in [2.75, 3.05) is 7.05 Å². The minimum absolute atomic E-state index is 0.121. The lowest BCUT2D eigenvalue weighted by Gasteiger charge is -2.34. The SMILES string of the molecule is CNC(=O)/C=C/c1ccc(-c2ccc(S[C@@H]3C[C@H]4CC[C@](C)(C4)C3)nn2)c(O)c1. The lowest BCUT2D eigenvalue weighted by Crippen LogP contribution is -2.25. The molecule has 2 fully saturated rings. The van der Waals surface area contributed by atoms with E-state index in [1.54, 1.807) is 25.3 Å². The van der Waals surface area contributed by atoms with Gasteiger partial charge in [0.1, 0.15) is 10.8 Å². The number of fused-ring (bicyclic) bond motifs is 2. The Balaban J connectivity index is 1.44. The molecule has 1 aromatic carbocycles. The number of thioether (sulfide) groups is 1. The zero-order chi connectivity index (χ0) is 20.4. The van der Waals surface area contributed by atoms with Gasteiger partial charge in [-0.1, -0.05) is 13.0 Å². The Labute approximate surface area is 176 Å². The van der Waals surface area contributed by atoms with Crippen molar-refractivity contribution in [3.8, 4) is 17.0 Å². The van der Waals surface area contributed by atoms with Gasteiger partial charge in [0.2, 0.25) is 5.91 Å². The van der Waals surface area contributed by atoms with Crippen LogP contribution in [0, 0.1) is 11.3 Å². The van der Waals surface area contributed by atoms with Crippen LogP contribution in [0.15, 0.2) is 41.4 Å². The Morgan fingerprint density at radius 1 is 1.28 bits per heavy atom. The molecule has 0 spiro atoms. The van der Waals surface area contributed by atoms with Gasteiger partial charge in [0, 0.05) is 23.9 Å². The number of hydrogen-bond acceptors (Lipinski definition) is 5. The average Bonchev–Trinajstić information content (AvgIpc) is 2.99. The molecule has 2 N–H and O–H groups in total. The Hall–Kier alpha value is -2.34. The summed E-state index contributed by atoms with van der Waals surface area (Å²) < 4.78 is 0. The number of rotatable bonds is 5. The van der Waals surface area contributed by atoms with Crippen LogP contribution in [0.4, 0.5) is 0 Å². The van der Waals surface area contributed by atoms with Crippen LogP contribution >= 0.6 is 11.8 Å². The molecule has 0 radical (unpaired) electrons. The second-order valence-electron chi connectivity index (χ2n) is 8.58. The largest absolute Gasteiger partial charge is 0.507 e. The third-order valence-electron chi connectivity index (χ3n) is 6.15. The molecule has 2 aliphatic carbocycles. The second kappa shape index (κ2) is 8.19. The van der Waals surface area contributed by atoms with Crippen LogP contribution in [-0.4, -0.2) is 33.5 Å². The maximum Gasteiger partial charge on any atom is 0.243 e. The van der Waals surface area contributed by atoms with E-state index in [1.165, 1.54) is 38.2 Å².